The molecule has 120 valence electrons. The number of nitrogens with one attached hydrogen (secondary N) is 1. The maximum Gasteiger partial charge on any atom is 0.243 e. The molecule has 0 unspecified atom stereocenters. The van der Waals surface area contributed by atoms with Crippen molar-refractivity contribution in [1.29, 1.82) is 0 Å². The van der Waals surface area contributed by atoms with E-state index in [1.807, 2.05) is 24.3 Å². The maximum absolute atomic E-state index is 12.9. The average Bonchev–Trinajstić information content (AvgIpc) is 2.56. The van der Waals surface area contributed by atoms with Crippen LogP contribution in [0, 0.1) is 0 Å². The van der Waals surface area contributed by atoms with Crippen molar-refractivity contribution in [3.8, 4) is 0 Å². The molecule has 23 heavy (non-hydrogen) atoms. The Morgan fingerprint density at radius 3 is 2.52 bits per heavy atom. The van der Waals surface area contributed by atoms with Crippen molar-refractivity contribution in [2.45, 2.75) is 22.9 Å². The highest BCUT2D eigenvalue weighted by Gasteiger charge is 2.56. The van der Waals surface area contributed by atoms with E-state index in [0.29, 0.717) is 6.54 Å². The number of sulfonamides is 1. The van der Waals surface area contributed by atoms with Crippen LogP contribution in [0.5, 0.6) is 0 Å². The summed E-state index contributed by atoms with van der Waals surface area (Å²) in [6.45, 7) is 0.381. The van der Waals surface area contributed by atoms with Gasteiger partial charge in [0.15, 0.2) is 0 Å². The molecule has 2 aliphatic heterocycles. The fourth-order valence-electron chi connectivity index (χ4n) is 3.78. The zero-order chi connectivity index (χ0) is 16.0. The van der Waals surface area contributed by atoms with E-state index in [1.54, 1.807) is 30.3 Å². The minimum absolute atomic E-state index is 0.0379. The van der Waals surface area contributed by atoms with Crippen molar-refractivity contribution >= 4 is 15.7 Å². The van der Waals surface area contributed by atoms with Gasteiger partial charge in [-0.05, 0) is 23.8 Å². The fraction of sp³-hybridized carbons (Fsp3) is 0.294. The molecule has 1 fully saturated rings. The van der Waals surface area contributed by atoms with Crippen LogP contribution in [0.2, 0.25) is 0 Å². The smallest absolute Gasteiger partial charge is 0.243 e. The lowest BCUT2D eigenvalue weighted by atomic mass is 9.75. The molecule has 3 atom stereocenters. The lowest BCUT2D eigenvalue weighted by Gasteiger charge is -2.56. The van der Waals surface area contributed by atoms with E-state index < -0.39 is 16.1 Å². The highest BCUT2D eigenvalue weighted by Crippen LogP contribution is 2.48. The predicted octanol–water partition coefficient (Wildman–Crippen LogP) is 1.63. The van der Waals surface area contributed by atoms with Gasteiger partial charge in [0.2, 0.25) is 10.0 Å². The molecule has 2 aromatic carbocycles. The van der Waals surface area contributed by atoms with Crippen molar-refractivity contribution < 1.29 is 13.5 Å². The minimum atomic E-state index is -3.60. The lowest BCUT2D eigenvalue weighted by Crippen LogP contribution is -2.68. The number of hydrogen-bond acceptors (Lipinski definition) is 4. The first-order valence-corrected chi connectivity index (χ1v) is 9.11. The molecule has 0 radical (unpaired) electrons. The zero-order valence-electron chi connectivity index (χ0n) is 12.5. The molecule has 0 aromatic heterocycles. The Balaban J connectivity index is 1.73. The SMILES string of the molecule is O=S(=O)(c1ccccc1)N1[C@@H](CO)[C@@H]2c3ccccc3NC[C@@H]21. The molecular weight excluding hydrogens is 312 g/mol. The van der Waals surface area contributed by atoms with E-state index in [1.165, 1.54) is 4.31 Å². The monoisotopic (exact) mass is 330 g/mol. The Morgan fingerprint density at radius 1 is 1.09 bits per heavy atom. The predicted molar refractivity (Wildman–Crippen MR) is 87.8 cm³/mol. The number of para-hydroxylation sites is 1. The number of aliphatic hydroxyl groups is 1. The first-order valence-electron chi connectivity index (χ1n) is 7.67. The van der Waals surface area contributed by atoms with Crippen molar-refractivity contribution in [3.05, 3.63) is 60.2 Å². The number of anilines is 1. The van der Waals surface area contributed by atoms with Crippen LogP contribution in [0.3, 0.4) is 0 Å². The molecular formula is C17H18N2O3S. The fourth-order valence-corrected chi connectivity index (χ4v) is 5.64. The number of aliphatic hydroxyl groups excluding tert-OH is 1. The van der Waals surface area contributed by atoms with Gasteiger partial charge in [-0.25, -0.2) is 8.42 Å². The summed E-state index contributed by atoms with van der Waals surface area (Å²) < 4.78 is 27.3. The highest BCUT2D eigenvalue weighted by molar-refractivity contribution is 7.89. The molecule has 2 N–H and O–H groups in total. The number of nitrogens with zero attached hydrogens (tertiary/aromatic N) is 1. The van der Waals surface area contributed by atoms with Crippen molar-refractivity contribution in [2.75, 3.05) is 18.5 Å². The van der Waals surface area contributed by atoms with Crippen molar-refractivity contribution in [1.82, 2.24) is 4.31 Å². The molecule has 0 saturated carbocycles. The van der Waals surface area contributed by atoms with Crippen LogP contribution in [0.25, 0.3) is 0 Å². The Bertz CT molecular complexity index is 823. The van der Waals surface area contributed by atoms with Gasteiger partial charge in [-0.1, -0.05) is 36.4 Å². The molecule has 2 heterocycles. The van der Waals surface area contributed by atoms with Crippen molar-refractivity contribution in [3.63, 3.8) is 0 Å². The number of rotatable bonds is 3. The highest BCUT2D eigenvalue weighted by atomic mass is 32.2. The summed E-state index contributed by atoms with van der Waals surface area (Å²) in [6, 6.07) is 15.8. The van der Waals surface area contributed by atoms with E-state index in [0.717, 1.165) is 11.3 Å². The van der Waals surface area contributed by atoms with E-state index in [2.05, 4.69) is 5.32 Å². The Labute approximate surface area is 135 Å². The van der Waals surface area contributed by atoms with Gasteiger partial charge in [0.25, 0.3) is 0 Å². The Hall–Kier alpha value is -1.89. The van der Waals surface area contributed by atoms with Crippen LogP contribution < -0.4 is 5.32 Å². The first kappa shape index (κ1) is 14.7. The van der Waals surface area contributed by atoms with E-state index in [4.69, 9.17) is 0 Å². The quantitative estimate of drug-likeness (QED) is 0.897. The van der Waals surface area contributed by atoms with E-state index in [9.17, 15) is 13.5 Å². The molecule has 0 aliphatic carbocycles. The molecule has 2 aromatic rings. The topological polar surface area (TPSA) is 69.6 Å². The second-order valence-corrected chi connectivity index (χ2v) is 7.80. The summed E-state index contributed by atoms with van der Waals surface area (Å²) in [5, 5.41) is 13.1. The molecule has 0 amide bonds. The number of fused-ring (bicyclic) bond motifs is 3. The zero-order valence-corrected chi connectivity index (χ0v) is 13.3. The largest absolute Gasteiger partial charge is 0.395 e. The third-order valence-corrected chi connectivity index (χ3v) is 6.77. The van der Waals surface area contributed by atoms with Crippen LogP contribution in [-0.2, 0) is 10.0 Å². The minimum Gasteiger partial charge on any atom is -0.395 e. The summed E-state index contributed by atoms with van der Waals surface area (Å²) >= 11 is 0. The molecule has 1 saturated heterocycles. The summed E-state index contributed by atoms with van der Waals surface area (Å²) in [5.74, 6) is 0.0379. The molecule has 0 spiro atoms. The van der Waals surface area contributed by atoms with Gasteiger partial charge in [-0.3, -0.25) is 0 Å². The lowest BCUT2D eigenvalue weighted by molar-refractivity contribution is 0.0323. The Morgan fingerprint density at radius 2 is 1.78 bits per heavy atom. The van der Waals surface area contributed by atoms with E-state index >= 15 is 0 Å². The van der Waals surface area contributed by atoms with Gasteiger partial charge < -0.3 is 10.4 Å². The first-order chi connectivity index (χ1) is 11.1. The summed E-state index contributed by atoms with van der Waals surface area (Å²) in [4.78, 5) is 0.274. The van der Waals surface area contributed by atoms with Crippen LogP contribution >= 0.6 is 0 Å². The third kappa shape index (κ3) is 2.09. The van der Waals surface area contributed by atoms with Gasteiger partial charge in [0.05, 0.1) is 23.6 Å². The standard InChI is InChI=1S/C17H18N2O3S/c20-11-16-17-13-8-4-5-9-14(13)18-10-15(17)19(16)23(21,22)12-6-2-1-3-7-12/h1-9,15-18,20H,10-11H2/t15-,16-,17+/m0/s1. The molecule has 2 aliphatic rings. The number of benzene rings is 2. The maximum atomic E-state index is 12.9. The number of hydrogen-bond donors (Lipinski definition) is 2. The van der Waals surface area contributed by atoms with Crippen LogP contribution in [-0.4, -0.2) is 43.1 Å². The molecule has 0 bridgehead atoms. The van der Waals surface area contributed by atoms with Gasteiger partial charge in [0, 0.05) is 18.2 Å². The summed E-state index contributed by atoms with van der Waals surface area (Å²) in [7, 11) is -3.60. The second kappa shape index (κ2) is 5.33. The van der Waals surface area contributed by atoms with E-state index in [-0.39, 0.29) is 23.5 Å². The van der Waals surface area contributed by atoms with Crippen LogP contribution in [0.4, 0.5) is 5.69 Å². The second-order valence-electron chi connectivity index (χ2n) is 5.96. The molecule has 5 nitrogen and oxygen atoms in total. The molecule has 6 heteroatoms. The summed E-state index contributed by atoms with van der Waals surface area (Å²) in [5.41, 5.74) is 2.12. The van der Waals surface area contributed by atoms with Crippen LogP contribution in [0.1, 0.15) is 11.5 Å². The van der Waals surface area contributed by atoms with Gasteiger partial charge >= 0.3 is 0 Å². The van der Waals surface area contributed by atoms with Crippen molar-refractivity contribution in [2.24, 2.45) is 0 Å². The summed E-state index contributed by atoms with van der Waals surface area (Å²) in [6.07, 6.45) is 0. The van der Waals surface area contributed by atoms with Gasteiger partial charge in [-0.15, -0.1) is 0 Å². The van der Waals surface area contributed by atoms with Gasteiger partial charge in [0.1, 0.15) is 0 Å². The molecule has 4 rings (SSSR count). The van der Waals surface area contributed by atoms with Gasteiger partial charge in [-0.2, -0.15) is 4.31 Å². The Kier molecular flexibility index (Phi) is 3.41. The third-order valence-electron chi connectivity index (χ3n) is 4.81. The normalized spacial score (nSPS) is 26.6. The average molecular weight is 330 g/mol. The van der Waals surface area contributed by atoms with Crippen LogP contribution in [0.15, 0.2) is 59.5 Å².